The second kappa shape index (κ2) is 10.4. The van der Waals surface area contributed by atoms with Gasteiger partial charge in [-0.2, -0.15) is 0 Å². The minimum atomic E-state index is 0.114. The topological polar surface area (TPSA) is 114 Å². The highest BCUT2D eigenvalue weighted by Crippen LogP contribution is 2.26. The summed E-state index contributed by atoms with van der Waals surface area (Å²) in [6, 6.07) is 13.6. The zero-order valence-electron chi connectivity index (χ0n) is 21.7. The lowest BCUT2D eigenvalue weighted by Crippen LogP contribution is -2.48. The largest absolute Gasteiger partial charge is 0.481 e. The number of nitrogens with one attached hydrogen (secondary N) is 1. The number of fused-ring (bicyclic) bond motifs is 1. The molecule has 0 aliphatic carbocycles. The number of aromatic nitrogens is 6. The third-order valence-electron chi connectivity index (χ3n) is 6.76. The minimum absolute atomic E-state index is 0.114. The number of nitrogens with zero attached hydrogens (tertiary/aromatic N) is 8. The normalized spacial score (nSPS) is 13.5. The van der Waals surface area contributed by atoms with Gasteiger partial charge >= 0.3 is 0 Å². The smallest absolute Gasteiger partial charge is 0.227 e. The summed E-state index contributed by atoms with van der Waals surface area (Å²) < 4.78 is 7.18. The highest BCUT2D eigenvalue weighted by atomic mass is 16.5. The van der Waals surface area contributed by atoms with E-state index in [1.807, 2.05) is 58.0 Å². The highest BCUT2D eigenvalue weighted by molar-refractivity contribution is 5.73. The van der Waals surface area contributed by atoms with Crippen molar-refractivity contribution < 1.29 is 9.53 Å². The molecule has 6 heterocycles. The van der Waals surface area contributed by atoms with Gasteiger partial charge in [0.2, 0.25) is 17.7 Å². The molecule has 1 aliphatic rings. The molecule has 0 bridgehead atoms. The van der Waals surface area contributed by atoms with E-state index in [1.165, 1.54) is 0 Å². The van der Waals surface area contributed by atoms with Crippen LogP contribution in [0, 0.1) is 0 Å². The van der Waals surface area contributed by atoms with Gasteiger partial charge in [-0.1, -0.05) is 0 Å². The van der Waals surface area contributed by atoms with Crippen molar-refractivity contribution in [1.29, 1.82) is 0 Å². The van der Waals surface area contributed by atoms with Crippen molar-refractivity contribution in [3.05, 3.63) is 73.4 Å². The fourth-order valence-electron chi connectivity index (χ4n) is 4.60. The van der Waals surface area contributed by atoms with E-state index in [1.54, 1.807) is 38.8 Å². The van der Waals surface area contributed by atoms with Gasteiger partial charge in [-0.15, -0.1) is 0 Å². The maximum absolute atomic E-state index is 11.6. The second-order valence-corrected chi connectivity index (χ2v) is 9.17. The highest BCUT2D eigenvalue weighted by Gasteiger charge is 2.19. The van der Waals surface area contributed by atoms with Gasteiger partial charge in [0.25, 0.3) is 0 Å². The molecule has 0 spiro atoms. The quantitative estimate of drug-likeness (QED) is 0.357. The van der Waals surface area contributed by atoms with Gasteiger partial charge in [0, 0.05) is 68.9 Å². The summed E-state index contributed by atoms with van der Waals surface area (Å²) in [5.74, 6) is 2.03. The van der Waals surface area contributed by atoms with E-state index in [9.17, 15) is 4.79 Å². The fraction of sp³-hybridized carbons (Fsp3) is 0.214. The van der Waals surface area contributed by atoms with Gasteiger partial charge in [-0.3, -0.25) is 9.20 Å². The van der Waals surface area contributed by atoms with Crippen LogP contribution in [0.15, 0.2) is 73.4 Å². The first kappa shape index (κ1) is 24.3. The van der Waals surface area contributed by atoms with E-state index < -0.39 is 0 Å². The third kappa shape index (κ3) is 5.06. The maximum Gasteiger partial charge on any atom is 0.227 e. The average Bonchev–Trinajstić information content (AvgIpc) is 3.41. The minimum Gasteiger partial charge on any atom is -0.481 e. The van der Waals surface area contributed by atoms with Gasteiger partial charge in [0.05, 0.1) is 36.6 Å². The Hall–Kier alpha value is -5.06. The molecule has 11 nitrogen and oxygen atoms in total. The molecular formula is C28H27N9O2. The van der Waals surface area contributed by atoms with Crippen molar-refractivity contribution in [2.24, 2.45) is 0 Å². The Labute approximate surface area is 225 Å². The first-order valence-electron chi connectivity index (χ1n) is 12.6. The number of hydrogen-bond donors (Lipinski definition) is 1. The molecule has 5 aromatic heterocycles. The molecule has 196 valence electrons. The Balaban J connectivity index is 1.20. The molecule has 0 radical (unpaired) electrons. The number of imidazole rings is 1. The Morgan fingerprint density at radius 2 is 1.72 bits per heavy atom. The molecule has 39 heavy (non-hydrogen) atoms. The van der Waals surface area contributed by atoms with Gasteiger partial charge in [0.15, 0.2) is 0 Å². The fourth-order valence-corrected chi connectivity index (χ4v) is 4.60. The van der Waals surface area contributed by atoms with Crippen LogP contribution >= 0.6 is 0 Å². The van der Waals surface area contributed by atoms with E-state index in [2.05, 4.69) is 30.2 Å². The zero-order valence-corrected chi connectivity index (χ0v) is 21.7. The molecule has 1 N–H and O–H groups in total. The molecule has 1 saturated heterocycles. The molecule has 0 saturated carbocycles. The summed E-state index contributed by atoms with van der Waals surface area (Å²) in [5.41, 5.74) is 5.14. The Bertz CT molecular complexity index is 1610. The van der Waals surface area contributed by atoms with Crippen molar-refractivity contribution in [2.75, 3.05) is 43.5 Å². The molecule has 6 rings (SSSR count). The van der Waals surface area contributed by atoms with Crippen molar-refractivity contribution in [1.82, 2.24) is 34.2 Å². The number of amides is 1. The van der Waals surface area contributed by atoms with Crippen LogP contribution in [0.2, 0.25) is 0 Å². The van der Waals surface area contributed by atoms with E-state index in [0.29, 0.717) is 24.9 Å². The first-order valence-corrected chi connectivity index (χ1v) is 12.6. The predicted octanol–water partition coefficient (Wildman–Crippen LogP) is 3.67. The predicted molar refractivity (Wildman–Crippen MR) is 148 cm³/mol. The number of carbonyl (C=O) groups excluding carboxylic acids is 1. The Kier molecular flexibility index (Phi) is 6.45. The van der Waals surface area contributed by atoms with Crippen LogP contribution in [-0.4, -0.2) is 73.4 Å². The lowest BCUT2D eigenvalue weighted by molar-refractivity contribution is -0.129. The van der Waals surface area contributed by atoms with Crippen LogP contribution in [0.1, 0.15) is 6.92 Å². The lowest BCUT2D eigenvalue weighted by Gasteiger charge is -2.34. The van der Waals surface area contributed by atoms with E-state index in [0.717, 1.165) is 52.8 Å². The van der Waals surface area contributed by atoms with Gasteiger partial charge < -0.3 is 19.9 Å². The molecule has 5 aromatic rings. The summed E-state index contributed by atoms with van der Waals surface area (Å²) in [7, 11) is 1.60. The molecule has 0 unspecified atom stereocenters. The van der Waals surface area contributed by atoms with Crippen LogP contribution in [-0.2, 0) is 4.79 Å². The van der Waals surface area contributed by atoms with Crippen LogP contribution in [0.4, 0.5) is 17.5 Å². The molecule has 1 aliphatic heterocycles. The van der Waals surface area contributed by atoms with Crippen molar-refractivity contribution in [3.63, 3.8) is 0 Å². The summed E-state index contributed by atoms with van der Waals surface area (Å²) >= 11 is 0. The summed E-state index contributed by atoms with van der Waals surface area (Å²) in [4.78, 5) is 38.2. The standard InChI is InChI=1S/C28H27N9O2/c1-19(38)35-11-13-36(14-12-35)25-7-5-22(16-30-25)33-28-29-10-9-23(34-28)24-17-31-26-6-3-21(18-37(24)26)20-4-8-27(39-2)32-15-20/h3-10,15-18H,11-14H2,1-2H3,(H,29,33,34). The average molecular weight is 522 g/mol. The number of hydrogen-bond acceptors (Lipinski definition) is 9. The number of ether oxygens (including phenoxy) is 1. The van der Waals surface area contributed by atoms with E-state index >= 15 is 0 Å². The monoisotopic (exact) mass is 521 g/mol. The number of carbonyl (C=O) groups is 1. The number of anilines is 3. The van der Waals surface area contributed by atoms with Crippen molar-refractivity contribution >= 4 is 29.0 Å². The molecule has 11 heteroatoms. The summed E-state index contributed by atoms with van der Waals surface area (Å²) in [6.07, 6.45) is 9.10. The van der Waals surface area contributed by atoms with Crippen LogP contribution in [0.3, 0.4) is 0 Å². The number of piperazine rings is 1. The maximum atomic E-state index is 11.6. The van der Waals surface area contributed by atoms with Crippen molar-refractivity contribution in [3.8, 4) is 28.4 Å². The molecular weight excluding hydrogens is 494 g/mol. The molecule has 0 atom stereocenters. The molecule has 1 amide bonds. The van der Waals surface area contributed by atoms with Crippen LogP contribution in [0.5, 0.6) is 5.88 Å². The zero-order chi connectivity index (χ0) is 26.8. The number of pyridine rings is 3. The SMILES string of the molecule is COc1ccc(-c2ccc3ncc(-c4ccnc(Nc5ccc(N6CCN(C(C)=O)CC6)nc5)n4)n3c2)cn1. The molecule has 1 fully saturated rings. The second-order valence-electron chi connectivity index (χ2n) is 9.17. The lowest BCUT2D eigenvalue weighted by atomic mass is 10.1. The number of methoxy groups -OCH3 is 1. The Morgan fingerprint density at radius 3 is 2.44 bits per heavy atom. The number of rotatable bonds is 6. The summed E-state index contributed by atoms with van der Waals surface area (Å²) in [6.45, 7) is 4.55. The van der Waals surface area contributed by atoms with E-state index in [4.69, 9.17) is 9.72 Å². The van der Waals surface area contributed by atoms with Gasteiger partial charge in [-0.25, -0.2) is 24.9 Å². The van der Waals surface area contributed by atoms with Crippen LogP contribution in [0.25, 0.3) is 28.2 Å². The van der Waals surface area contributed by atoms with Crippen molar-refractivity contribution in [2.45, 2.75) is 6.92 Å². The van der Waals surface area contributed by atoms with Gasteiger partial charge in [0.1, 0.15) is 11.5 Å². The first-order chi connectivity index (χ1) is 19.1. The van der Waals surface area contributed by atoms with E-state index in [-0.39, 0.29) is 5.91 Å². The van der Waals surface area contributed by atoms with Crippen LogP contribution < -0.4 is 15.0 Å². The third-order valence-corrected chi connectivity index (χ3v) is 6.76. The summed E-state index contributed by atoms with van der Waals surface area (Å²) in [5, 5.41) is 3.25. The van der Waals surface area contributed by atoms with Gasteiger partial charge in [-0.05, 0) is 36.4 Å². The molecule has 0 aromatic carbocycles. The Morgan fingerprint density at radius 1 is 0.872 bits per heavy atom.